The van der Waals surface area contributed by atoms with Crippen molar-refractivity contribution >= 4 is 11.9 Å². The zero-order chi connectivity index (χ0) is 16.1. The number of aliphatic imine (C=N–C) groups is 1. The third-order valence-corrected chi connectivity index (χ3v) is 3.81. The Hall–Kier alpha value is -2.77. The topological polar surface area (TPSA) is 89.8 Å². The van der Waals surface area contributed by atoms with Crippen LogP contribution < -0.4 is 5.32 Å². The lowest BCUT2D eigenvalue weighted by Gasteiger charge is -2.36. The smallest absolute Gasteiger partial charge is 0.289 e. The van der Waals surface area contributed by atoms with Crippen LogP contribution in [0.15, 0.2) is 40.1 Å². The summed E-state index contributed by atoms with van der Waals surface area (Å²) in [6, 6.07) is 5.34. The molecule has 8 nitrogen and oxygen atoms in total. The van der Waals surface area contributed by atoms with Crippen molar-refractivity contribution in [2.45, 2.75) is 6.54 Å². The zero-order valence-electron chi connectivity index (χ0n) is 13.0. The Morgan fingerprint density at radius 2 is 2.13 bits per heavy atom. The van der Waals surface area contributed by atoms with E-state index in [0.29, 0.717) is 25.4 Å². The van der Waals surface area contributed by atoms with Crippen molar-refractivity contribution in [2.75, 3.05) is 33.2 Å². The maximum Gasteiger partial charge on any atom is 0.289 e. The van der Waals surface area contributed by atoms with E-state index in [9.17, 15) is 4.79 Å². The number of aromatic amines is 1. The molecule has 0 spiro atoms. The maximum atomic E-state index is 12.2. The molecular formula is C15H20N6O2. The summed E-state index contributed by atoms with van der Waals surface area (Å²) in [5.41, 5.74) is 0.998. The van der Waals surface area contributed by atoms with Gasteiger partial charge in [0.05, 0.1) is 18.5 Å². The first-order valence-corrected chi connectivity index (χ1v) is 7.54. The molecule has 3 heterocycles. The summed E-state index contributed by atoms with van der Waals surface area (Å²) < 4.78 is 5.17. The number of carbonyl (C=O) groups is 1. The average Bonchev–Trinajstić information content (AvgIpc) is 3.29. The Kier molecular flexibility index (Phi) is 4.60. The average molecular weight is 316 g/mol. The van der Waals surface area contributed by atoms with Crippen LogP contribution in [0.3, 0.4) is 0 Å². The minimum Gasteiger partial charge on any atom is -0.459 e. The molecule has 0 aromatic carbocycles. The predicted octanol–water partition coefficient (Wildman–Crippen LogP) is 0.536. The quantitative estimate of drug-likeness (QED) is 0.637. The second-order valence-electron chi connectivity index (χ2n) is 5.24. The molecule has 122 valence electrons. The van der Waals surface area contributed by atoms with Gasteiger partial charge in [0.25, 0.3) is 5.91 Å². The summed E-state index contributed by atoms with van der Waals surface area (Å²) in [4.78, 5) is 20.5. The first-order valence-electron chi connectivity index (χ1n) is 7.54. The standard InChI is InChI=1S/C15H20N6O2/c1-16-15(17-11-12-4-5-18-19-12)21-8-6-20(7-9-21)14(22)13-3-2-10-23-13/h2-5,10H,6-9,11H2,1H3,(H,16,17)(H,18,19). The van der Waals surface area contributed by atoms with E-state index in [1.165, 1.54) is 6.26 Å². The number of hydrogen-bond donors (Lipinski definition) is 2. The molecule has 23 heavy (non-hydrogen) atoms. The Morgan fingerprint density at radius 3 is 2.74 bits per heavy atom. The van der Waals surface area contributed by atoms with Gasteiger partial charge in [0.2, 0.25) is 0 Å². The largest absolute Gasteiger partial charge is 0.459 e. The van der Waals surface area contributed by atoms with E-state index in [-0.39, 0.29) is 5.91 Å². The van der Waals surface area contributed by atoms with Crippen molar-refractivity contribution in [1.29, 1.82) is 0 Å². The first kappa shape index (κ1) is 15.1. The molecule has 1 aliphatic rings. The number of carbonyl (C=O) groups excluding carboxylic acids is 1. The second-order valence-corrected chi connectivity index (χ2v) is 5.24. The highest BCUT2D eigenvalue weighted by Crippen LogP contribution is 2.09. The number of hydrogen-bond acceptors (Lipinski definition) is 4. The molecule has 0 saturated carbocycles. The molecule has 1 aliphatic heterocycles. The van der Waals surface area contributed by atoms with Crippen molar-refractivity contribution in [3.05, 3.63) is 42.1 Å². The molecule has 2 aromatic heterocycles. The fourth-order valence-corrected chi connectivity index (χ4v) is 2.57. The monoisotopic (exact) mass is 316 g/mol. The third-order valence-electron chi connectivity index (χ3n) is 3.81. The number of aromatic nitrogens is 2. The Morgan fingerprint density at radius 1 is 1.35 bits per heavy atom. The summed E-state index contributed by atoms with van der Waals surface area (Å²) in [6.45, 7) is 3.39. The van der Waals surface area contributed by atoms with Crippen LogP contribution in [0.2, 0.25) is 0 Å². The van der Waals surface area contributed by atoms with Crippen molar-refractivity contribution in [2.24, 2.45) is 4.99 Å². The van der Waals surface area contributed by atoms with Gasteiger partial charge >= 0.3 is 0 Å². The van der Waals surface area contributed by atoms with Crippen LogP contribution in [-0.2, 0) is 6.54 Å². The Bertz CT molecular complexity index is 642. The highest BCUT2D eigenvalue weighted by Gasteiger charge is 2.25. The molecule has 0 radical (unpaired) electrons. The van der Waals surface area contributed by atoms with E-state index >= 15 is 0 Å². The summed E-state index contributed by atoms with van der Waals surface area (Å²) in [7, 11) is 1.76. The summed E-state index contributed by atoms with van der Waals surface area (Å²) in [6.07, 6.45) is 3.24. The SMILES string of the molecule is CN=C(NCc1ccn[nH]1)N1CCN(C(=O)c2ccco2)CC1. The lowest BCUT2D eigenvalue weighted by atomic mass is 10.3. The second kappa shape index (κ2) is 6.99. The number of furan rings is 1. The van der Waals surface area contributed by atoms with Crippen molar-refractivity contribution in [3.63, 3.8) is 0 Å². The van der Waals surface area contributed by atoms with Gasteiger partial charge in [-0.25, -0.2) is 0 Å². The van der Waals surface area contributed by atoms with Crippen LogP contribution >= 0.6 is 0 Å². The summed E-state index contributed by atoms with van der Waals surface area (Å²) >= 11 is 0. The van der Waals surface area contributed by atoms with Gasteiger partial charge in [-0.1, -0.05) is 0 Å². The van der Waals surface area contributed by atoms with Gasteiger partial charge in [-0.2, -0.15) is 5.10 Å². The van der Waals surface area contributed by atoms with E-state index in [1.54, 1.807) is 30.3 Å². The highest BCUT2D eigenvalue weighted by molar-refractivity contribution is 5.91. The van der Waals surface area contributed by atoms with Crippen LogP contribution in [0.1, 0.15) is 16.2 Å². The van der Waals surface area contributed by atoms with Crippen LogP contribution in [0.25, 0.3) is 0 Å². The zero-order valence-corrected chi connectivity index (χ0v) is 13.0. The molecule has 3 rings (SSSR count). The minimum absolute atomic E-state index is 0.0601. The number of nitrogens with one attached hydrogen (secondary N) is 2. The van der Waals surface area contributed by atoms with Crippen LogP contribution in [0.4, 0.5) is 0 Å². The van der Waals surface area contributed by atoms with Crippen LogP contribution in [0, 0.1) is 0 Å². The van der Waals surface area contributed by atoms with E-state index < -0.39 is 0 Å². The molecular weight excluding hydrogens is 296 g/mol. The molecule has 1 fully saturated rings. The van der Waals surface area contributed by atoms with Gasteiger partial charge in [0.15, 0.2) is 11.7 Å². The lowest BCUT2D eigenvalue weighted by Crippen LogP contribution is -2.53. The van der Waals surface area contributed by atoms with E-state index in [2.05, 4.69) is 25.4 Å². The fraction of sp³-hybridized carbons (Fsp3) is 0.400. The van der Waals surface area contributed by atoms with E-state index in [1.807, 2.05) is 6.07 Å². The maximum absolute atomic E-state index is 12.2. The van der Waals surface area contributed by atoms with Crippen LogP contribution in [0.5, 0.6) is 0 Å². The minimum atomic E-state index is -0.0601. The lowest BCUT2D eigenvalue weighted by molar-refractivity contribution is 0.0657. The molecule has 2 N–H and O–H groups in total. The van der Waals surface area contributed by atoms with Crippen molar-refractivity contribution < 1.29 is 9.21 Å². The number of H-pyrrole nitrogens is 1. The molecule has 1 amide bonds. The van der Waals surface area contributed by atoms with E-state index in [4.69, 9.17) is 4.42 Å². The summed E-state index contributed by atoms with van der Waals surface area (Å²) in [5.74, 6) is 1.15. The van der Waals surface area contributed by atoms with Crippen LogP contribution in [-0.4, -0.2) is 65.1 Å². The molecule has 0 bridgehead atoms. The van der Waals surface area contributed by atoms with E-state index in [0.717, 1.165) is 24.7 Å². The molecule has 0 unspecified atom stereocenters. The number of nitrogens with zero attached hydrogens (tertiary/aromatic N) is 4. The van der Waals surface area contributed by atoms with Crippen molar-refractivity contribution in [1.82, 2.24) is 25.3 Å². The number of rotatable bonds is 3. The Balaban J connectivity index is 1.52. The summed E-state index contributed by atoms with van der Waals surface area (Å²) in [5, 5.41) is 10.1. The first-order chi connectivity index (χ1) is 11.3. The molecule has 2 aromatic rings. The number of piperazine rings is 1. The van der Waals surface area contributed by atoms with Gasteiger partial charge in [-0.15, -0.1) is 0 Å². The highest BCUT2D eigenvalue weighted by atomic mass is 16.3. The predicted molar refractivity (Wildman–Crippen MR) is 85.0 cm³/mol. The van der Waals surface area contributed by atoms with Gasteiger partial charge in [-0.05, 0) is 18.2 Å². The fourth-order valence-electron chi connectivity index (χ4n) is 2.57. The van der Waals surface area contributed by atoms with Gasteiger partial charge in [0, 0.05) is 39.4 Å². The van der Waals surface area contributed by atoms with Gasteiger partial charge in [-0.3, -0.25) is 14.9 Å². The molecule has 0 atom stereocenters. The normalized spacial score (nSPS) is 15.8. The van der Waals surface area contributed by atoms with Gasteiger partial charge in [0.1, 0.15) is 0 Å². The van der Waals surface area contributed by atoms with Crippen molar-refractivity contribution in [3.8, 4) is 0 Å². The number of amides is 1. The molecule has 8 heteroatoms. The van der Waals surface area contributed by atoms with Gasteiger partial charge < -0.3 is 19.5 Å². The molecule has 1 saturated heterocycles. The number of guanidine groups is 1. The molecule has 0 aliphatic carbocycles. The Labute approximate surface area is 134 Å². The third kappa shape index (κ3) is 3.53.